The van der Waals surface area contributed by atoms with Gasteiger partial charge in [-0.25, -0.2) is 0 Å². The van der Waals surface area contributed by atoms with E-state index in [0.29, 0.717) is 11.5 Å². The molecule has 0 saturated carbocycles. The van der Waals surface area contributed by atoms with Crippen LogP contribution in [0.15, 0.2) is 18.2 Å². The number of ether oxygens (including phenoxy) is 1. The van der Waals surface area contributed by atoms with Gasteiger partial charge < -0.3 is 9.16 Å². The molecule has 131 valence electrons. The minimum atomic E-state index is -1.01. The monoisotopic (exact) mass is 347 g/mol. The third-order valence-electron chi connectivity index (χ3n) is 3.33. The van der Waals surface area contributed by atoms with Gasteiger partial charge in [0.15, 0.2) is 17.3 Å². The molecule has 24 heavy (non-hydrogen) atoms. The molecule has 0 spiro atoms. The standard InChI is InChI=1S/C19H27O4Si/c1-13(20)12-15(21)10-8-14-9-11-16(19(2,3)4)18(22-5)17(14)23-24(6)7/h8-11H,12H2,1-7H3. The van der Waals surface area contributed by atoms with E-state index in [2.05, 4.69) is 20.8 Å². The van der Waals surface area contributed by atoms with E-state index in [0.717, 1.165) is 11.1 Å². The number of benzene rings is 1. The predicted octanol–water partition coefficient (Wildman–Crippen LogP) is 4.18. The molecular formula is C19H27O4Si. The van der Waals surface area contributed by atoms with Crippen LogP contribution in [0.3, 0.4) is 0 Å². The van der Waals surface area contributed by atoms with Crippen molar-refractivity contribution in [2.24, 2.45) is 0 Å². The second kappa shape index (κ2) is 8.28. The number of carbonyl (C=O) groups excluding carboxylic acids is 2. The SMILES string of the molecule is COc1c(C(C)(C)C)ccc(C=CC(=O)CC(C)=O)c1O[Si](C)C. The smallest absolute Gasteiger partial charge is 0.274 e. The van der Waals surface area contributed by atoms with E-state index in [9.17, 15) is 9.59 Å². The Morgan fingerprint density at radius 1 is 1.17 bits per heavy atom. The second-order valence-corrected chi connectivity index (χ2v) is 9.02. The van der Waals surface area contributed by atoms with Crippen LogP contribution in [0, 0.1) is 0 Å². The van der Waals surface area contributed by atoms with Crippen molar-refractivity contribution in [1.29, 1.82) is 0 Å². The van der Waals surface area contributed by atoms with E-state index >= 15 is 0 Å². The molecule has 1 rings (SSSR count). The first-order chi connectivity index (χ1) is 11.1. The number of hydrogen-bond acceptors (Lipinski definition) is 4. The number of rotatable bonds is 7. The summed E-state index contributed by atoms with van der Waals surface area (Å²) < 4.78 is 11.7. The molecule has 1 aromatic carbocycles. The summed E-state index contributed by atoms with van der Waals surface area (Å²) in [5, 5.41) is 0. The van der Waals surface area contributed by atoms with E-state index in [4.69, 9.17) is 9.16 Å². The molecule has 0 unspecified atom stereocenters. The van der Waals surface area contributed by atoms with Crippen LogP contribution in [0.1, 0.15) is 45.2 Å². The Balaban J connectivity index is 3.36. The molecule has 1 radical (unpaired) electrons. The number of allylic oxidation sites excluding steroid dienone is 1. The van der Waals surface area contributed by atoms with Crippen molar-refractivity contribution < 1.29 is 18.8 Å². The quantitative estimate of drug-likeness (QED) is 0.422. The molecule has 0 amide bonds. The van der Waals surface area contributed by atoms with Crippen LogP contribution in [0.2, 0.25) is 13.1 Å². The van der Waals surface area contributed by atoms with Gasteiger partial charge in [-0.15, -0.1) is 0 Å². The molecular weight excluding hydrogens is 320 g/mol. The summed E-state index contributed by atoms with van der Waals surface area (Å²) in [6.07, 6.45) is 3.04. The summed E-state index contributed by atoms with van der Waals surface area (Å²) in [5.74, 6) is 1.01. The number of carbonyl (C=O) groups is 2. The van der Waals surface area contributed by atoms with Crippen LogP contribution in [0.4, 0.5) is 0 Å². The van der Waals surface area contributed by atoms with Crippen LogP contribution in [0.25, 0.3) is 6.08 Å². The van der Waals surface area contributed by atoms with Gasteiger partial charge in [-0.3, -0.25) is 9.59 Å². The first-order valence-corrected chi connectivity index (χ1v) is 10.4. The molecule has 0 aliphatic carbocycles. The first kappa shape index (κ1) is 20.2. The van der Waals surface area contributed by atoms with Gasteiger partial charge >= 0.3 is 0 Å². The Hall–Kier alpha value is -1.88. The molecule has 0 aliphatic rings. The summed E-state index contributed by atoms with van der Waals surface area (Å²) in [7, 11) is 0.617. The van der Waals surface area contributed by atoms with Gasteiger partial charge in [0.25, 0.3) is 9.04 Å². The second-order valence-electron chi connectivity index (χ2n) is 7.00. The summed E-state index contributed by atoms with van der Waals surface area (Å²) in [5.41, 5.74) is 1.74. The van der Waals surface area contributed by atoms with Crippen molar-refractivity contribution in [1.82, 2.24) is 0 Å². The van der Waals surface area contributed by atoms with E-state index in [1.165, 1.54) is 13.0 Å². The van der Waals surface area contributed by atoms with Gasteiger partial charge in [0, 0.05) is 11.1 Å². The van der Waals surface area contributed by atoms with Gasteiger partial charge in [-0.2, -0.15) is 0 Å². The van der Waals surface area contributed by atoms with E-state index in [1.54, 1.807) is 13.2 Å². The Labute approximate surface area is 146 Å². The Bertz CT molecular complexity index is 640. The Kier molecular flexibility index (Phi) is 6.96. The molecule has 0 saturated heterocycles. The molecule has 0 atom stereocenters. The number of ketones is 2. The highest BCUT2D eigenvalue weighted by molar-refractivity contribution is 6.49. The number of Topliss-reactive ketones (excluding diaryl/α,β-unsaturated/α-hetero) is 1. The number of methoxy groups -OCH3 is 1. The zero-order valence-corrected chi connectivity index (χ0v) is 16.6. The van der Waals surface area contributed by atoms with Gasteiger partial charge in [0.1, 0.15) is 5.78 Å². The van der Waals surface area contributed by atoms with Gasteiger partial charge in [-0.1, -0.05) is 32.9 Å². The normalized spacial score (nSPS) is 11.8. The largest absolute Gasteiger partial charge is 0.540 e. The lowest BCUT2D eigenvalue weighted by atomic mass is 9.85. The maximum absolute atomic E-state index is 11.8. The van der Waals surface area contributed by atoms with E-state index in [-0.39, 0.29) is 23.4 Å². The van der Waals surface area contributed by atoms with Crippen molar-refractivity contribution in [2.45, 2.75) is 52.6 Å². The fourth-order valence-electron chi connectivity index (χ4n) is 2.30. The number of hydrogen-bond donors (Lipinski definition) is 0. The first-order valence-electron chi connectivity index (χ1n) is 7.96. The molecule has 1 aromatic rings. The lowest BCUT2D eigenvalue weighted by molar-refractivity contribution is -0.123. The van der Waals surface area contributed by atoms with Crippen molar-refractivity contribution in [3.05, 3.63) is 29.3 Å². The van der Waals surface area contributed by atoms with Crippen LogP contribution < -0.4 is 9.16 Å². The van der Waals surface area contributed by atoms with Gasteiger partial charge in [-0.05, 0) is 37.6 Å². The van der Waals surface area contributed by atoms with Crippen LogP contribution in [-0.4, -0.2) is 27.7 Å². The van der Waals surface area contributed by atoms with Crippen LogP contribution in [-0.2, 0) is 15.0 Å². The molecule has 0 aromatic heterocycles. The van der Waals surface area contributed by atoms with E-state index in [1.807, 2.05) is 25.2 Å². The van der Waals surface area contributed by atoms with E-state index < -0.39 is 9.04 Å². The summed E-state index contributed by atoms with van der Waals surface area (Å²) in [6, 6.07) is 3.93. The zero-order chi connectivity index (χ0) is 18.5. The molecule has 0 fully saturated rings. The molecule has 0 aliphatic heterocycles. The van der Waals surface area contributed by atoms with Gasteiger partial charge in [0.05, 0.1) is 13.5 Å². The summed E-state index contributed by atoms with van der Waals surface area (Å²) in [6.45, 7) is 11.8. The van der Waals surface area contributed by atoms with Crippen molar-refractivity contribution >= 4 is 26.7 Å². The molecule has 0 heterocycles. The van der Waals surface area contributed by atoms with Crippen LogP contribution in [0.5, 0.6) is 11.5 Å². The predicted molar refractivity (Wildman–Crippen MR) is 99.1 cm³/mol. The highest BCUT2D eigenvalue weighted by Crippen LogP contribution is 2.41. The fourth-order valence-corrected chi connectivity index (χ4v) is 2.92. The lowest BCUT2D eigenvalue weighted by Gasteiger charge is -2.25. The van der Waals surface area contributed by atoms with Crippen molar-refractivity contribution in [3.8, 4) is 11.5 Å². The fraction of sp³-hybridized carbons (Fsp3) is 0.474. The molecule has 0 N–H and O–H groups in total. The van der Waals surface area contributed by atoms with Crippen molar-refractivity contribution in [2.75, 3.05) is 7.11 Å². The molecule has 4 nitrogen and oxygen atoms in total. The third-order valence-corrected chi connectivity index (χ3v) is 3.95. The zero-order valence-electron chi connectivity index (χ0n) is 15.6. The maximum atomic E-state index is 11.8. The Morgan fingerprint density at radius 2 is 1.79 bits per heavy atom. The lowest BCUT2D eigenvalue weighted by Crippen LogP contribution is -2.17. The third kappa shape index (κ3) is 5.64. The van der Waals surface area contributed by atoms with Crippen LogP contribution >= 0.6 is 0 Å². The molecule has 0 bridgehead atoms. The highest BCUT2D eigenvalue weighted by Gasteiger charge is 2.24. The average molecular weight is 348 g/mol. The summed E-state index contributed by atoms with van der Waals surface area (Å²) >= 11 is 0. The maximum Gasteiger partial charge on any atom is 0.274 e. The average Bonchev–Trinajstić information content (AvgIpc) is 2.43. The van der Waals surface area contributed by atoms with Gasteiger partial charge in [0.2, 0.25) is 0 Å². The highest BCUT2D eigenvalue weighted by atomic mass is 28.3. The van der Waals surface area contributed by atoms with Crippen molar-refractivity contribution in [3.63, 3.8) is 0 Å². The minimum Gasteiger partial charge on any atom is -0.540 e. The Morgan fingerprint density at radius 3 is 2.25 bits per heavy atom. The minimum absolute atomic E-state index is 0.0828. The summed E-state index contributed by atoms with van der Waals surface area (Å²) in [4.78, 5) is 22.8. The topological polar surface area (TPSA) is 52.6 Å². The molecule has 5 heteroatoms.